The normalized spacial score (nSPS) is 24.2. The number of ether oxygens (including phenoxy) is 1. The van der Waals surface area contributed by atoms with Gasteiger partial charge in [-0.25, -0.2) is 14.4 Å². The molecule has 152 valence electrons. The zero-order chi connectivity index (χ0) is 21.2. The first-order valence-corrected chi connectivity index (χ1v) is 9.65. The summed E-state index contributed by atoms with van der Waals surface area (Å²) in [7, 11) is 3.76. The zero-order valence-corrected chi connectivity index (χ0v) is 16.8. The van der Waals surface area contributed by atoms with E-state index in [2.05, 4.69) is 26.0 Å². The van der Waals surface area contributed by atoms with Crippen LogP contribution in [-0.2, 0) is 13.5 Å². The highest BCUT2D eigenvalue weighted by atomic mass is 19.1. The number of halogens is 1. The third kappa shape index (κ3) is 2.72. The highest BCUT2D eigenvalue weighted by Crippen LogP contribution is 2.47. The Morgan fingerprint density at radius 3 is 2.87 bits per heavy atom. The van der Waals surface area contributed by atoms with Gasteiger partial charge in [0.05, 0.1) is 29.2 Å². The lowest BCUT2D eigenvalue weighted by atomic mass is 9.96. The molecule has 2 N–H and O–H groups in total. The lowest BCUT2D eigenvalue weighted by Crippen LogP contribution is -2.12. The van der Waals surface area contributed by atoms with Crippen molar-refractivity contribution in [3.05, 3.63) is 52.7 Å². The van der Waals surface area contributed by atoms with Crippen LogP contribution in [0.5, 0.6) is 5.88 Å². The number of nitrogens with zero attached hydrogens (tertiary/aromatic N) is 6. The van der Waals surface area contributed by atoms with E-state index in [4.69, 9.17) is 10.5 Å². The van der Waals surface area contributed by atoms with Gasteiger partial charge < -0.3 is 10.5 Å². The van der Waals surface area contributed by atoms with Crippen LogP contribution < -0.4 is 10.5 Å². The first-order valence-electron chi connectivity index (χ1n) is 9.65. The Hall–Kier alpha value is -3.51. The van der Waals surface area contributed by atoms with Crippen LogP contribution in [0.2, 0.25) is 0 Å². The number of rotatable bonds is 0. The second-order valence-electron chi connectivity index (χ2n) is 7.77. The van der Waals surface area contributed by atoms with Gasteiger partial charge in [-0.3, -0.25) is 9.58 Å². The van der Waals surface area contributed by atoms with Gasteiger partial charge in [0.25, 0.3) is 5.88 Å². The number of nitriles is 1. The summed E-state index contributed by atoms with van der Waals surface area (Å²) in [6.07, 6.45) is 1.67. The average molecular weight is 405 g/mol. The van der Waals surface area contributed by atoms with Crippen molar-refractivity contribution in [2.75, 3.05) is 12.8 Å². The molecule has 4 heterocycles. The Balaban J connectivity index is 1.74. The molecule has 0 spiro atoms. The molecule has 1 saturated heterocycles. The van der Waals surface area contributed by atoms with Crippen molar-refractivity contribution in [3.63, 3.8) is 0 Å². The van der Waals surface area contributed by atoms with Crippen LogP contribution in [0.15, 0.2) is 24.4 Å². The van der Waals surface area contributed by atoms with Crippen molar-refractivity contribution in [2.24, 2.45) is 7.05 Å². The minimum absolute atomic E-state index is 0.105. The molecule has 2 aliphatic rings. The minimum atomic E-state index is -0.486. The molecule has 3 aromatic rings. The number of likely N-dealkylation sites (N-methyl/N-ethyl adjacent to an activating group) is 1. The third-order valence-electron chi connectivity index (χ3n) is 5.98. The topological polar surface area (TPSA) is 106 Å². The molecule has 0 saturated carbocycles. The van der Waals surface area contributed by atoms with Crippen LogP contribution in [0.1, 0.15) is 41.6 Å². The van der Waals surface area contributed by atoms with E-state index in [0.717, 1.165) is 16.8 Å². The van der Waals surface area contributed by atoms with Crippen LogP contribution >= 0.6 is 0 Å². The molecule has 1 aromatic carbocycles. The summed E-state index contributed by atoms with van der Waals surface area (Å²) in [5, 5.41) is 14.3. The van der Waals surface area contributed by atoms with E-state index in [-0.39, 0.29) is 29.6 Å². The zero-order valence-electron chi connectivity index (χ0n) is 16.8. The van der Waals surface area contributed by atoms with E-state index in [9.17, 15) is 9.65 Å². The SMILES string of the molecule is CC1Oc2nc(cnc2N)-c2c(nn(C)c2C#N)CC2C(c3ccc(F)cc31)N2C. The maximum atomic E-state index is 14.1. The summed E-state index contributed by atoms with van der Waals surface area (Å²) in [6.45, 7) is 1.84. The van der Waals surface area contributed by atoms with Gasteiger partial charge in [-0.15, -0.1) is 0 Å². The number of nitrogens with two attached hydrogens (primary N) is 1. The van der Waals surface area contributed by atoms with Gasteiger partial charge in [0.2, 0.25) is 0 Å². The summed E-state index contributed by atoms with van der Waals surface area (Å²) >= 11 is 0. The van der Waals surface area contributed by atoms with Gasteiger partial charge in [0.1, 0.15) is 23.7 Å². The molecular weight excluding hydrogens is 385 g/mol. The molecule has 0 aliphatic carbocycles. The van der Waals surface area contributed by atoms with Crippen molar-refractivity contribution in [3.8, 4) is 23.2 Å². The van der Waals surface area contributed by atoms with Gasteiger partial charge in [-0.1, -0.05) is 6.07 Å². The number of fused-ring (bicyclic) bond motifs is 7. The Bertz CT molecular complexity index is 1210. The van der Waals surface area contributed by atoms with Crippen molar-refractivity contribution in [1.82, 2.24) is 24.6 Å². The summed E-state index contributed by atoms with van der Waals surface area (Å²) in [6, 6.07) is 7.27. The Morgan fingerprint density at radius 2 is 2.10 bits per heavy atom. The Labute approximate surface area is 172 Å². The van der Waals surface area contributed by atoms with Crippen LogP contribution in [0, 0.1) is 17.1 Å². The summed E-state index contributed by atoms with van der Waals surface area (Å²) in [5.74, 6) is -0.0456. The molecule has 5 rings (SSSR count). The predicted molar refractivity (Wildman–Crippen MR) is 107 cm³/mol. The van der Waals surface area contributed by atoms with Gasteiger partial charge in [-0.05, 0) is 37.2 Å². The molecule has 2 bridgehead atoms. The van der Waals surface area contributed by atoms with E-state index >= 15 is 0 Å². The summed E-state index contributed by atoms with van der Waals surface area (Å²) in [5.41, 5.74) is 10.0. The maximum absolute atomic E-state index is 14.1. The lowest BCUT2D eigenvalue weighted by Gasteiger charge is -2.19. The van der Waals surface area contributed by atoms with Gasteiger partial charge in [-0.2, -0.15) is 10.4 Å². The second-order valence-corrected chi connectivity index (χ2v) is 7.77. The molecule has 4 atom stereocenters. The monoisotopic (exact) mass is 405 g/mol. The number of hydrogen-bond donors (Lipinski definition) is 1. The molecule has 1 fully saturated rings. The number of benzene rings is 1. The van der Waals surface area contributed by atoms with Crippen LogP contribution in [0.3, 0.4) is 0 Å². The van der Waals surface area contributed by atoms with Crippen molar-refractivity contribution < 1.29 is 9.13 Å². The minimum Gasteiger partial charge on any atom is -0.467 e. The molecule has 0 radical (unpaired) electrons. The summed E-state index contributed by atoms with van der Waals surface area (Å²) in [4.78, 5) is 11.0. The fourth-order valence-electron chi connectivity index (χ4n) is 4.39. The second kappa shape index (κ2) is 6.50. The number of hydrogen-bond acceptors (Lipinski definition) is 7. The standard InChI is InChI=1S/C21H20FN7O/c1-10-13-6-11(22)4-5-12(13)19-16(28(19)2)7-14-18(17(8-23)29(3)27-14)15-9-25-20(24)21(26-15)30-10/h4-6,9-10,16,19H,7H2,1-3H3,(H2,24,25). The highest BCUT2D eigenvalue weighted by Gasteiger charge is 2.47. The van der Waals surface area contributed by atoms with Crippen molar-refractivity contribution >= 4 is 5.82 Å². The van der Waals surface area contributed by atoms with E-state index in [0.29, 0.717) is 23.4 Å². The van der Waals surface area contributed by atoms with E-state index in [1.165, 1.54) is 18.3 Å². The molecule has 2 aromatic heterocycles. The van der Waals surface area contributed by atoms with E-state index < -0.39 is 6.10 Å². The van der Waals surface area contributed by atoms with Crippen LogP contribution in [-0.4, -0.2) is 37.7 Å². The Kier molecular flexibility index (Phi) is 4.01. The quantitative estimate of drug-likeness (QED) is 0.573. The first kappa shape index (κ1) is 18.5. The molecule has 4 unspecified atom stereocenters. The fourth-order valence-corrected chi connectivity index (χ4v) is 4.39. The molecule has 30 heavy (non-hydrogen) atoms. The predicted octanol–water partition coefficient (Wildman–Crippen LogP) is 2.52. The maximum Gasteiger partial charge on any atom is 0.258 e. The molecule has 2 aliphatic heterocycles. The third-order valence-corrected chi connectivity index (χ3v) is 5.98. The lowest BCUT2D eigenvalue weighted by molar-refractivity contribution is 0.216. The number of anilines is 1. The van der Waals surface area contributed by atoms with Crippen molar-refractivity contribution in [2.45, 2.75) is 31.5 Å². The average Bonchev–Trinajstić information content (AvgIpc) is 3.21. The smallest absolute Gasteiger partial charge is 0.258 e. The Morgan fingerprint density at radius 1 is 1.30 bits per heavy atom. The molecule has 9 heteroatoms. The van der Waals surface area contributed by atoms with Crippen LogP contribution in [0.25, 0.3) is 11.3 Å². The van der Waals surface area contributed by atoms with E-state index in [1.54, 1.807) is 11.7 Å². The molecular formula is C21H20FN7O. The number of aromatic nitrogens is 4. The van der Waals surface area contributed by atoms with Crippen LogP contribution in [0.4, 0.5) is 10.2 Å². The van der Waals surface area contributed by atoms with Gasteiger partial charge in [0.15, 0.2) is 5.82 Å². The summed E-state index contributed by atoms with van der Waals surface area (Å²) < 4.78 is 21.7. The van der Waals surface area contributed by atoms with E-state index in [1.807, 2.05) is 20.0 Å². The highest BCUT2D eigenvalue weighted by molar-refractivity contribution is 5.69. The number of nitrogen functional groups attached to an aromatic ring is 1. The fraction of sp³-hybridized carbons (Fsp3) is 0.333. The van der Waals surface area contributed by atoms with Gasteiger partial charge >= 0.3 is 0 Å². The molecule has 0 amide bonds. The number of aryl methyl sites for hydroxylation is 1. The van der Waals surface area contributed by atoms with Gasteiger partial charge in [0, 0.05) is 19.5 Å². The first-order chi connectivity index (χ1) is 14.4. The largest absolute Gasteiger partial charge is 0.467 e. The molecule has 8 nitrogen and oxygen atoms in total. The van der Waals surface area contributed by atoms with Crippen molar-refractivity contribution in [1.29, 1.82) is 5.26 Å².